The molecule has 0 spiro atoms. The minimum Gasteiger partial charge on any atom is -0.426 e. The number of aliphatic hydroxyl groups is 1. The summed E-state index contributed by atoms with van der Waals surface area (Å²) in [5, 5.41) is 14.8. The molecule has 4 aromatic rings. The molecule has 0 aliphatic heterocycles. The van der Waals surface area contributed by atoms with Crippen molar-refractivity contribution in [2.45, 2.75) is 26.3 Å². The van der Waals surface area contributed by atoms with E-state index in [0.717, 1.165) is 5.56 Å². The van der Waals surface area contributed by atoms with Gasteiger partial charge in [-0.2, -0.15) is 4.98 Å². The summed E-state index contributed by atoms with van der Waals surface area (Å²) in [4.78, 5) is 35.8. The number of amides is 2. The molecule has 4 N–H and O–H groups in total. The number of nitrogens with zero attached hydrogens (tertiary/aromatic N) is 2. The number of pyridine rings is 1. The minimum atomic E-state index is -0.516. The summed E-state index contributed by atoms with van der Waals surface area (Å²) >= 11 is 6.50. The number of benzene rings is 2. The number of ether oxygens (including phenoxy) is 1. The highest BCUT2D eigenvalue weighted by Gasteiger charge is 2.21. The number of hydrogen-bond donors (Lipinski definition) is 4. The molecule has 0 radical (unpaired) electrons. The highest BCUT2D eigenvalue weighted by atomic mass is 35.5. The van der Waals surface area contributed by atoms with Crippen molar-refractivity contribution in [3.05, 3.63) is 70.7 Å². The van der Waals surface area contributed by atoms with Crippen LogP contribution < -0.4 is 15.4 Å². The first kappa shape index (κ1) is 25.2. The number of aromatic nitrogens is 3. The standard InChI is InChI=1S/C26H26ClN5O4/c1-15(34)32-26(2,3)18-7-9-19(10-8-18)36-25-29-21-14-20(27)22(30-23(21)31-25)16-5-4-6-17(13-16)24(35)28-11-12-33/h4-10,13-14,33H,11-12H2,1-3H3,(H,28,35)(H,32,34)(H,29,30,31). The van der Waals surface area contributed by atoms with Crippen LogP contribution in [0.15, 0.2) is 54.6 Å². The van der Waals surface area contributed by atoms with E-state index in [2.05, 4.69) is 25.6 Å². The summed E-state index contributed by atoms with van der Waals surface area (Å²) in [5.41, 5.74) is 2.97. The number of fused-ring (bicyclic) bond motifs is 1. The van der Waals surface area contributed by atoms with Crippen molar-refractivity contribution in [2.24, 2.45) is 0 Å². The summed E-state index contributed by atoms with van der Waals surface area (Å²) in [6.45, 7) is 5.36. The highest BCUT2D eigenvalue weighted by molar-refractivity contribution is 6.33. The molecule has 0 aliphatic carbocycles. The van der Waals surface area contributed by atoms with E-state index in [-0.39, 0.29) is 31.0 Å². The van der Waals surface area contributed by atoms with Gasteiger partial charge in [-0.15, -0.1) is 0 Å². The van der Waals surface area contributed by atoms with E-state index >= 15 is 0 Å². The van der Waals surface area contributed by atoms with E-state index < -0.39 is 5.54 Å². The van der Waals surface area contributed by atoms with Gasteiger partial charge in [-0.3, -0.25) is 9.59 Å². The summed E-state index contributed by atoms with van der Waals surface area (Å²) in [6.07, 6.45) is 0. The Morgan fingerprint density at radius 3 is 2.56 bits per heavy atom. The first-order valence-corrected chi connectivity index (χ1v) is 11.7. The van der Waals surface area contributed by atoms with Gasteiger partial charge in [0, 0.05) is 24.6 Å². The second kappa shape index (κ2) is 10.3. The Hall–Kier alpha value is -3.95. The summed E-state index contributed by atoms with van der Waals surface area (Å²) < 4.78 is 5.88. The Bertz CT molecular complexity index is 1420. The average Bonchev–Trinajstić information content (AvgIpc) is 3.22. The fourth-order valence-electron chi connectivity index (χ4n) is 3.79. The van der Waals surface area contributed by atoms with Crippen molar-refractivity contribution < 1.29 is 19.4 Å². The number of H-pyrrole nitrogens is 1. The van der Waals surface area contributed by atoms with Gasteiger partial charge in [0.05, 0.1) is 28.4 Å². The molecule has 0 aliphatic rings. The van der Waals surface area contributed by atoms with E-state index in [0.29, 0.717) is 38.8 Å². The van der Waals surface area contributed by atoms with Gasteiger partial charge in [0.1, 0.15) is 5.75 Å². The van der Waals surface area contributed by atoms with Crippen LogP contribution in [0.1, 0.15) is 36.7 Å². The van der Waals surface area contributed by atoms with Crippen molar-refractivity contribution in [2.75, 3.05) is 13.2 Å². The second-order valence-electron chi connectivity index (χ2n) is 8.72. The lowest BCUT2D eigenvalue weighted by Gasteiger charge is -2.26. The smallest absolute Gasteiger partial charge is 0.301 e. The van der Waals surface area contributed by atoms with Gasteiger partial charge >= 0.3 is 6.01 Å². The lowest BCUT2D eigenvalue weighted by molar-refractivity contribution is -0.120. The Morgan fingerprint density at radius 2 is 1.86 bits per heavy atom. The molecule has 0 unspecified atom stereocenters. The zero-order chi connectivity index (χ0) is 25.9. The fourth-order valence-corrected chi connectivity index (χ4v) is 4.05. The van der Waals surface area contributed by atoms with Gasteiger partial charge in [0.25, 0.3) is 5.91 Å². The van der Waals surface area contributed by atoms with Crippen LogP contribution in [0.5, 0.6) is 11.8 Å². The molecule has 0 saturated carbocycles. The predicted octanol–water partition coefficient (Wildman–Crippen LogP) is 4.16. The first-order valence-electron chi connectivity index (χ1n) is 11.3. The molecule has 4 rings (SSSR count). The molecule has 2 amide bonds. The number of aliphatic hydroxyl groups excluding tert-OH is 1. The quantitative estimate of drug-likeness (QED) is 0.283. The third-order valence-electron chi connectivity index (χ3n) is 5.48. The van der Waals surface area contributed by atoms with Gasteiger partial charge in [-0.05, 0) is 49.7 Å². The zero-order valence-corrected chi connectivity index (χ0v) is 20.8. The molecule has 9 nitrogen and oxygen atoms in total. The largest absolute Gasteiger partial charge is 0.426 e. The molecule has 0 fully saturated rings. The van der Waals surface area contributed by atoms with Crippen LogP contribution in [-0.4, -0.2) is 45.0 Å². The maximum absolute atomic E-state index is 12.3. The SMILES string of the molecule is CC(=O)NC(C)(C)c1ccc(Oc2nc3nc(-c4cccc(C(=O)NCCO)c4)c(Cl)cc3[nH]2)cc1. The summed E-state index contributed by atoms with van der Waals surface area (Å²) in [5.74, 6) is 0.152. The van der Waals surface area contributed by atoms with Crippen molar-refractivity contribution in [3.63, 3.8) is 0 Å². The lowest BCUT2D eigenvalue weighted by atomic mass is 9.94. The van der Waals surface area contributed by atoms with Crippen molar-refractivity contribution in [1.82, 2.24) is 25.6 Å². The average molecular weight is 508 g/mol. The maximum atomic E-state index is 12.3. The molecule has 2 heterocycles. The van der Waals surface area contributed by atoms with E-state index in [9.17, 15) is 9.59 Å². The predicted molar refractivity (Wildman–Crippen MR) is 137 cm³/mol. The van der Waals surface area contributed by atoms with Crippen molar-refractivity contribution >= 4 is 34.6 Å². The summed E-state index contributed by atoms with van der Waals surface area (Å²) in [6, 6.07) is 16.2. The van der Waals surface area contributed by atoms with Crippen LogP contribution in [0.4, 0.5) is 0 Å². The Balaban J connectivity index is 1.56. The van der Waals surface area contributed by atoms with Gasteiger partial charge in [0.15, 0.2) is 5.65 Å². The van der Waals surface area contributed by atoms with Crippen molar-refractivity contribution in [3.8, 4) is 23.0 Å². The third kappa shape index (κ3) is 5.64. The van der Waals surface area contributed by atoms with Crippen LogP contribution in [0.25, 0.3) is 22.4 Å². The van der Waals surface area contributed by atoms with Crippen LogP contribution in [0.2, 0.25) is 5.02 Å². The molecular weight excluding hydrogens is 482 g/mol. The molecule has 36 heavy (non-hydrogen) atoms. The molecule has 0 saturated heterocycles. The molecule has 186 valence electrons. The number of halogens is 1. The van der Waals surface area contributed by atoms with Gasteiger partial charge in [-0.25, -0.2) is 4.98 Å². The van der Waals surface area contributed by atoms with Gasteiger partial charge in [0.2, 0.25) is 5.91 Å². The van der Waals surface area contributed by atoms with E-state index in [1.54, 1.807) is 42.5 Å². The topological polar surface area (TPSA) is 129 Å². The molecule has 0 atom stereocenters. The number of rotatable bonds is 8. The van der Waals surface area contributed by atoms with E-state index in [4.69, 9.17) is 21.4 Å². The van der Waals surface area contributed by atoms with Crippen LogP contribution in [0, 0.1) is 0 Å². The van der Waals surface area contributed by atoms with Crippen LogP contribution in [-0.2, 0) is 10.3 Å². The Kier molecular flexibility index (Phi) is 7.23. The number of nitrogens with one attached hydrogen (secondary N) is 3. The zero-order valence-electron chi connectivity index (χ0n) is 20.1. The summed E-state index contributed by atoms with van der Waals surface area (Å²) in [7, 11) is 0. The monoisotopic (exact) mass is 507 g/mol. The van der Waals surface area contributed by atoms with Crippen LogP contribution >= 0.6 is 11.6 Å². The lowest BCUT2D eigenvalue weighted by Crippen LogP contribution is -2.39. The molecular formula is C26H26ClN5O4. The van der Waals surface area contributed by atoms with Gasteiger partial charge < -0.3 is 25.5 Å². The number of carbonyl (C=O) groups excluding carboxylic acids is 2. The molecule has 2 aromatic carbocycles. The number of imidazole rings is 1. The first-order chi connectivity index (χ1) is 17.2. The van der Waals surface area contributed by atoms with Crippen LogP contribution in [0.3, 0.4) is 0 Å². The van der Waals surface area contributed by atoms with Gasteiger partial charge in [-0.1, -0.05) is 35.9 Å². The number of aromatic amines is 1. The Labute approximate surface area is 212 Å². The number of carbonyl (C=O) groups is 2. The molecule has 2 aromatic heterocycles. The third-order valence-corrected chi connectivity index (χ3v) is 5.77. The van der Waals surface area contributed by atoms with E-state index in [1.165, 1.54) is 6.92 Å². The number of hydrogen-bond acceptors (Lipinski definition) is 6. The molecule has 10 heteroatoms. The fraction of sp³-hybridized carbons (Fsp3) is 0.231. The molecule has 0 bridgehead atoms. The second-order valence-corrected chi connectivity index (χ2v) is 9.13. The highest BCUT2D eigenvalue weighted by Crippen LogP contribution is 2.31. The van der Waals surface area contributed by atoms with Crippen molar-refractivity contribution in [1.29, 1.82) is 0 Å². The Morgan fingerprint density at radius 1 is 1.11 bits per heavy atom. The maximum Gasteiger partial charge on any atom is 0.301 e. The minimum absolute atomic E-state index is 0.107. The van der Waals surface area contributed by atoms with E-state index in [1.807, 2.05) is 26.0 Å². The normalized spacial score (nSPS) is 11.4.